The molecule has 1 unspecified atom stereocenters. The fourth-order valence-corrected chi connectivity index (χ4v) is 3.73. The van der Waals surface area contributed by atoms with Gasteiger partial charge >= 0.3 is 0 Å². The van der Waals surface area contributed by atoms with E-state index in [0.29, 0.717) is 57.2 Å². The fourth-order valence-electron chi connectivity index (χ4n) is 3.73. The molecular weight excluding hydrogens is 362 g/mol. The summed E-state index contributed by atoms with van der Waals surface area (Å²) < 4.78 is 10.3. The van der Waals surface area contributed by atoms with Crippen LogP contribution in [0.5, 0.6) is 5.75 Å². The molecule has 0 N–H and O–H groups in total. The van der Waals surface area contributed by atoms with Crippen molar-refractivity contribution >= 4 is 17.7 Å². The maximum Gasteiger partial charge on any atom is 0.257 e. The van der Waals surface area contributed by atoms with Gasteiger partial charge in [-0.3, -0.25) is 14.4 Å². The summed E-state index contributed by atoms with van der Waals surface area (Å²) in [5.74, 6) is 0.150. The summed E-state index contributed by atoms with van der Waals surface area (Å²) >= 11 is 0. The molecule has 0 radical (unpaired) electrons. The lowest BCUT2D eigenvalue weighted by Crippen LogP contribution is -2.52. The lowest BCUT2D eigenvalue weighted by molar-refractivity contribution is -0.137. The highest BCUT2D eigenvalue weighted by molar-refractivity contribution is 5.97. The van der Waals surface area contributed by atoms with Crippen molar-refractivity contribution in [2.45, 2.75) is 6.42 Å². The van der Waals surface area contributed by atoms with Gasteiger partial charge in [-0.2, -0.15) is 0 Å². The van der Waals surface area contributed by atoms with Gasteiger partial charge in [0.15, 0.2) is 0 Å². The number of hydrogen-bond donors (Lipinski definition) is 0. The Balaban J connectivity index is 1.54. The van der Waals surface area contributed by atoms with Crippen molar-refractivity contribution in [3.05, 3.63) is 29.8 Å². The number of likely N-dealkylation sites (tertiary alicyclic amines) is 1. The number of ether oxygens (including phenoxy) is 2. The SMILES string of the molecule is COCCN1CC(C(=O)N2CCN(C(=O)c3ccccc3OC)CC2)CC1=O. The lowest BCUT2D eigenvalue weighted by Gasteiger charge is -2.36. The highest BCUT2D eigenvalue weighted by Crippen LogP contribution is 2.23. The largest absolute Gasteiger partial charge is 0.496 e. The van der Waals surface area contributed by atoms with Crippen LogP contribution in [0.25, 0.3) is 0 Å². The molecular formula is C20H27N3O5. The molecule has 1 aromatic rings. The monoisotopic (exact) mass is 389 g/mol. The Morgan fingerprint density at radius 1 is 1.07 bits per heavy atom. The van der Waals surface area contributed by atoms with Crippen LogP contribution < -0.4 is 4.74 Å². The molecule has 2 saturated heterocycles. The van der Waals surface area contributed by atoms with Crippen LogP contribution in [-0.2, 0) is 14.3 Å². The maximum absolute atomic E-state index is 12.8. The Bertz CT molecular complexity index is 730. The average Bonchev–Trinajstić information content (AvgIpc) is 3.11. The minimum Gasteiger partial charge on any atom is -0.496 e. The first-order chi connectivity index (χ1) is 13.5. The van der Waals surface area contributed by atoms with Crippen molar-refractivity contribution in [3.63, 3.8) is 0 Å². The number of carbonyl (C=O) groups is 3. The minimum atomic E-state index is -0.305. The molecule has 3 amide bonds. The van der Waals surface area contributed by atoms with E-state index in [9.17, 15) is 14.4 Å². The number of hydrogen-bond acceptors (Lipinski definition) is 5. The summed E-state index contributed by atoms with van der Waals surface area (Å²) in [6.45, 7) is 3.32. The normalized spacial score (nSPS) is 19.9. The summed E-state index contributed by atoms with van der Waals surface area (Å²) in [7, 11) is 3.14. The van der Waals surface area contributed by atoms with Crippen LogP contribution >= 0.6 is 0 Å². The second kappa shape index (κ2) is 9.05. The van der Waals surface area contributed by atoms with E-state index >= 15 is 0 Å². The first-order valence-corrected chi connectivity index (χ1v) is 9.53. The number of nitrogens with zero attached hydrogens (tertiary/aromatic N) is 3. The average molecular weight is 389 g/mol. The van der Waals surface area contributed by atoms with Gasteiger partial charge in [0.25, 0.3) is 5.91 Å². The van der Waals surface area contributed by atoms with Gasteiger partial charge in [-0.15, -0.1) is 0 Å². The zero-order chi connectivity index (χ0) is 20.1. The van der Waals surface area contributed by atoms with Crippen LogP contribution in [0, 0.1) is 5.92 Å². The first-order valence-electron chi connectivity index (χ1n) is 9.53. The van der Waals surface area contributed by atoms with Gasteiger partial charge in [-0.25, -0.2) is 0 Å². The van der Waals surface area contributed by atoms with E-state index in [1.54, 1.807) is 41.1 Å². The molecule has 28 heavy (non-hydrogen) atoms. The number of carbonyl (C=O) groups excluding carboxylic acids is 3. The Hall–Kier alpha value is -2.61. The van der Waals surface area contributed by atoms with Gasteiger partial charge in [-0.05, 0) is 12.1 Å². The van der Waals surface area contributed by atoms with Gasteiger partial charge in [0.2, 0.25) is 11.8 Å². The number of para-hydroxylation sites is 1. The van der Waals surface area contributed by atoms with Crippen molar-refractivity contribution in [1.82, 2.24) is 14.7 Å². The molecule has 2 heterocycles. The molecule has 1 atom stereocenters. The molecule has 0 saturated carbocycles. The van der Waals surface area contributed by atoms with Crippen LogP contribution in [0.1, 0.15) is 16.8 Å². The van der Waals surface area contributed by atoms with E-state index < -0.39 is 0 Å². The standard InChI is InChI=1S/C20H27N3O5/c1-27-12-11-23-14-15(13-18(23)24)19(25)21-7-9-22(10-8-21)20(26)16-5-3-4-6-17(16)28-2/h3-6,15H,7-14H2,1-2H3. The van der Waals surface area contributed by atoms with Gasteiger partial charge in [-0.1, -0.05) is 12.1 Å². The van der Waals surface area contributed by atoms with E-state index in [0.717, 1.165) is 0 Å². The Morgan fingerprint density at radius 2 is 1.75 bits per heavy atom. The van der Waals surface area contributed by atoms with Gasteiger partial charge in [0, 0.05) is 52.8 Å². The predicted molar refractivity (Wildman–Crippen MR) is 102 cm³/mol. The molecule has 8 heteroatoms. The highest BCUT2D eigenvalue weighted by Gasteiger charge is 2.37. The number of benzene rings is 1. The van der Waals surface area contributed by atoms with Crippen LogP contribution in [-0.4, -0.2) is 92.5 Å². The molecule has 2 aliphatic rings. The maximum atomic E-state index is 12.8. The summed E-state index contributed by atoms with van der Waals surface area (Å²) in [6, 6.07) is 7.14. The second-order valence-corrected chi connectivity index (χ2v) is 7.05. The predicted octanol–water partition coefficient (Wildman–Crippen LogP) is 0.475. The second-order valence-electron chi connectivity index (χ2n) is 7.05. The Kier molecular flexibility index (Phi) is 6.51. The van der Waals surface area contributed by atoms with E-state index in [1.807, 2.05) is 12.1 Å². The first kappa shape index (κ1) is 20.1. The quantitative estimate of drug-likeness (QED) is 0.707. The molecule has 0 bridgehead atoms. The lowest BCUT2D eigenvalue weighted by atomic mass is 10.1. The van der Waals surface area contributed by atoms with E-state index in [2.05, 4.69) is 0 Å². The molecule has 152 valence electrons. The van der Waals surface area contributed by atoms with Crippen LogP contribution in [0.2, 0.25) is 0 Å². The number of methoxy groups -OCH3 is 2. The molecule has 0 aliphatic carbocycles. The van der Waals surface area contributed by atoms with E-state index in [4.69, 9.17) is 9.47 Å². The highest BCUT2D eigenvalue weighted by atomic mass is 16.5. The van der Waals surface area contributed by atoms with Gasteiger partial charge < -0.3 is 24.2 Å². The zero-order valence-corrected chi connectivity index (χ0v) is 16.4. The van der Waals surface area contributed by atoms with E-state index in [1.165, 1.54) is 0 Å². The van der Waals surface area contributed by atoms with Crippen LogP contribution in [0.4, 0.5) is 0 Å². The Labute approximate surface area is 165 Å². The molecule has 2 fully saturated rings. The summed E-state index contributed by atoms with van der Waals surface area (Å²) in [5.41, 5.74) is 0.528. The molecule has 8 nitrogen and oxygen atoms in total. The number of rotatable bonds is 6. The number of amides is 3. The molecule has 1 aromatic carbocycles. The van der Waals surface area contributed by atoms with Gasteiger partial charge in [0.1, 0.15) is 5.75 Å². The Morgan fingerprint density at radius 3 is 2.43 bits per heavy atom. The van der Waals surface area contributed by atoms with E-state index in [-0.39, 0.29) is 30.1 Å². The molecule has 3 rings (SSSR count). The summed E-state index contributed by atoms with van der Waals surface area (Å²) in [4.78, 5) is 42.9. The van der Waals surface area contributed by atoms with Crippen molar-refractivity contribution in [2.75, 3.05) is 60.1 Å². The third-order valence-electron chi connectivity index (χ3n) is 5.35. The minimum absolute atomic E-state index is 0.000358. The molecule has 0 spiro atoms. The zero-order valence-electron chi connectivity index (χ0n) is 16.4. The van der Waals surface area contributed by atoms with Gasteiger partial charge in [0.05, 0.1) is 25.2 Å². The summed E-state index contributed by atoms with van der Waals surface area (Å²) in [5, 5.41) is 0. The number of piperazine rings is 1. The van der Waals surface area contributed by atoms with Crippen molar-refractivity contribution in [2.24, 2.45) is 5.92 Å². The van der Waals surface area contributed by atoms with Crippen molar-refractivity contribution in [3.8, 4) is 5.75 Å². The fraction of sp³-hybridized carbons (Fsp3) is 0.550. The third kappa shape index (κ3) is 4.27. The smallest absolute Gasteiger partial charge is 0.257 e. The van der Waals surface area contributed by atoms with Crippen LogP contribution in [0.15, 0.2) is 24.3 Å². The topological polar surface area (TPSA) is 79.4 Å². The van der Waals surface area contributed by atoms with Crippen molar-refractivity contribution < 1.29 is 23.9 Å². The van der Waals surface area contributed by atoms with Crippen molar-refractivity contribution in [1.29, 1.82) is 0 Å². The molecule has 0 aromatic heterocycles. The molecule has 2 aliphatic heterocycles. The third-order valence-corrected chi connectivity index (χ3v) is 5.35. The summed E-state index contributed by atoms with van der Waals surface area (Å²) in [6.07, 6.45) is 0.253. The van der Waals surface area contributed by atoms with Crippen LogP contribution in [0.3, 0.4) is 0 Å².